The monoisotopic (exact) mass is 301 g/mol. The number of ketones is 1. The van der Waals surface area contributed by atoms with Gasteiger partial charge in [-0.25, -0.2) is 4.68 Å². The van der Waals surface area contributed by atoms with Crippen molar-refractivity contribution in [3.63, 3.8) is 0 Å². The Kier molecular flexibility index (Phi) is 2.61. The molecule has 0 saturated heterocycles. The molecule has 8 heteroatoms. The molecule has 1 aliphatic heterocycles. The van der Waals surface area contributed by atoms with Gasteiger partial charge in [0.15, 0.2) is 0 Å². The number of hydrogen-bond donors (Lipinski definition) is 0. The average Bonchev–Trinajstić information content (AvgIpc) is 3.20. The number of rotatable bonds is 3. The third-order valence-electron chi connectivity index (χ3n) is 3.64. The number of Topliss-reactive ketones (excluding diaryl/α,β-unsaturated/α-hetero) is 1. The lowest BCUT2D eigenvalue weighted by atomic mass is 10.1. The van der Waals surface area contributed by atoms with Gasteiger partial charge in [-0.1, -0.05) is 0 Å². The maximum atomic E-state index is 11.8. The molecule has 0 spiro atoms. The molecule has 0 bridgehead atoms. The normalized spacial score (nSPS) is 17.5. The zero-order valence-electron chi connectivity index (χ0n) is 11.2. The van der Waals surface area contributed by atoms with Gasteiger partial charge in [0, 0.05) is 11.9 Å². The molecule has 0 atom stereocenters. The van der Waals surface area contributed by atoms with E-state index in [4.69, 9.17) is 0 Å². The molecule has 1 aliphatic carbocycles. The van der Waals surface area contributed by atoms with E-state index in [9.17, 15) is 9.59 Å². The summed E-state index contributed by atoms with van der Waals surface area (Å²) in [5.74, 6) is -0.943. The minimum Gasteiger partial charge on any atom is -0.308 e. The van der Waals surface area contributed by atoms with E-state index in [0.717, 1.165) is 22.9 Å². The first-order valence-corrected chi connectivity index (χ1v) is 7.39. The maximum absolute atomic E-state index is 11.8. The van der Waals surface area contributed by atoms with Crippen molar-refractivity contribution >= 4 is 29.1 Å². The summed E-state index contributed by atoms with van der Waals surface area (Å²) in [4.78, 5) is 25.7. The molecule has 7 nitrogen and oxygen atoms in total. The molecule has 1 amide bonds. The number of likely N-dealkylation sites (N-methyl/N-ethyl adjacent to an activating group) is 1. The van der Waals surface area contributed by atoms with E-state index in [2.05, 4.69) is 15.5 Å². The lowest BCUT2D eigenvalue weighted by molar-refractivity contribution is -0.114. The van der Waals surface area contributed by atoms with Gasteiger partial charge in [0.05, 0.1) is 17.3 Å². The van der Waals surface area contributed by atoms with Crippen molar-refractivity contribution in [3.8, 4) is 0 Å². The minimum absolute atomic E-state index is 0.405. The van der Waals surface area contributed by atoms with Gasteiger partial charge in [0.1, 0.15) is 0 Å². The molecule has 21 heavy (non-hydrogen) atoms. The van der Waals surface area contributed by atoms with Crippen molar-refractivity contribution < 1.29 is 9.59 Å². The first-order chi connectivity index (χ1) is 10.1. The Morgan fingerprint density at radius 3 is 2.86 bits per heavy atom. The number of carbonyl (C=O) groups is 2. The van der Waals surface area contributed by atoms with Crippen LogP contribution in [-0.2, 0) is 4.79 Å². The zero-order chi connectivity index (χ0) is 14.6. The quantitative estimate of drug-likeness (QED) is 0.795. The van der Waals surface area contributed by atoms with Crippen LogP contribution >= 0.6 is 11.8 Å². The standard InChI is InChI=1S/C13H11N5O2S/c1-17-10-6-8(4-5-9(10)11(19)12(17)20)21-13-14-15-16-18(13)7-2-3-7/h4-7H,2-3H2,1H3. The van der Waals surface area contributed by atoms with Crippen LogP contribution in [0.1, 0.15) is 29.2 Å². The Morgan fingerprint density at radius 2 is 2.10 bits per heavy atom. The summed E-state index contributed by atoms with van der Waals surface area (Å²) in [6.07, 6.45) is 2.21. The van der Waals surface area contributed by atoms with Crippen molar-refractivity contribution in [1.82, 2.24) is 20.2 Å². The number of benzene rings is 1. The predicted molar refractivity (Wildman–Crippen MR) is 74.4 cm³/mol. The SMILES string of the molecule is CN1C(=O)C(=O)c2ccc(Sc3nnnn3C3CC3)cc21. The number of fused-ring (bicyclic) bond motifs is 1. The smallest absolute Gasteiger partial charge is 0.299 e. The summed E-state index contributed by atoms with van der Waals surface area (Å²) in [5, 5.41) is 12.5. The molecule has 4 rings (SSSR count). The van der Waals surface area contributed by atoms with Gasteiger partial charge < -0.3 is 4.90 Å². The van der Waals surface area contributed by atoms with Crippen molar-refractivity contribution in [2.24, 2.45) is 0 Å². The van der Waals surface area contributed by atoms with Crippen LogP contribution < -0.4 is 4.90 Å². The van der Waals surface area contributed by atoms with Crippen LogP contribution in [0.2, 0.25) is 0 Å². The van der Waals surface area contributed by atoms with Crippen LogP contribution in [0.15, 0.2) is 28.3 Å². The van der Waals surface area contributed by atoms with Gasteiger partial charge in [-0.3, -0.25) is 9.59 Å². The molecule has 1 saturated carbocycles. The molecule has 0 unspecified atom stereocenters. The number of hydrogen-bond acceptors (Lipinski definition) is 6. The molecule has 2 heterocycles. The highest BCUT2D eigenvalue weighted by Gasteiger charge is 2.33. The molecule has 2 aromatic rings. The number of aromatic nitrogens is 4. The van der Waals surface area contributed by atoms with Gasteiger partial charge in [-0.2, -0.15) is 0 Å². The van der Waals surface area contributed by atoms with Crippen molar-refractivity contribution in [2.45, 2.75) is 28.9 Å². The highest BCUT2D eigenvalue weighted by Crippen LogP contribution is 2.39. The van der Waals surface area contributed by atoms with E-state index < -0.39 is 11.7 Å². The lowest BCUT2D eigenvalue weighted by Gasteiger charge is -2.10. The summed E-state index contributed by atoms with van der Waals surface area (Å²) < 4.78 is 1.83. The van der Waals surface area contributed by atoms with E-state index in [1.165, 1.54) is 16.7 Å². The molecule has 1 aromatic carbocycles. The van der Waals surface area contributed by atoms with Gasteiger partial charge >= 0.3 is 0 Å². The number of amides is 1. The first kappa shape index (κ1) is 12.5. The Balaban J connectivity index is 1.67. The van der Waals surface area contributed by atoms with Crippen LogP contribution in [-0.4, -0.2) is 38.9 Å². The highest BCUT2D eigenvalue weighted by molar-refractivity contribution is 7.99. The van der Waals surface area contributed by atoms with E-state index in [-0.39, 0.29) is 0 Å². The van der Waals surface area contributed by atoms with Crippen molar-refractivity contribution in [1.29, 1.82) is 0 Å². The van der Waals surface area contributed by atoms with Crippen LogP contribution in [0.4, 0.5) is 5.69 Å². The molecule has 1 aromatic heterocycles. The molecule has 106 valence electrons. The Morgan fingerprint density at radius 1 is 1.29 bits per heavy atom. The Labute approximate surface area is 124 Å². The van der Waals surface area contributed by atoms with E-state index in [1.807, 2.05) is 16.8 Å². The fraction of sp³-hybridized carbons (Fsp3) is 0.308. The summed E-state index contributed by atoms with van der Waals surface area (Å²) in [5.41, 5.74) is 1.09. The van der Waals surface area contributed by atoms with Crippen LogP contribution in [0.25, 0.3) is 0 Å². The highest BCUT2D eigenvalue weighted by atomic mass is 32.2. The third-order valence-corrected chi connectivity index (χ3v) is 4.58. The summed E-state index contributed by atoms with van der Waals surface area (Å²) in [7, 11) is 1.61. The molecular weight excluding hydrogens is 290 g/mol. The minimum atomic E-state index is -0.491. The number of carbonyl (C=O) groups excluding carboxylic acids is 2. The largest absolute Gasteiger partial charge is 0.308 e. The van der Waals surface area contributed by atoms with Crippen molar-refractivity contribution in [3.05, 3.63) is 23.8 Å². The van der Waals surface area contributed by atoms with E-state index in [1.54, 1.807) is 13.1 Å². The summed E-state index contributed by atoms with van der Waals surface area (Å²) in [6, 6.07) is 5.74. The second-order valence-electron chi connectivity index (χ2n) is 5.11. The second kappa shape index (κ2) is 4.39. The average molecular weight is 301 g/mol. The van der Waals surface area contributed by atoms with Crippen LogP contribution in [0, 0.1) is 0 Å². The number of tetrazole rings is 1. The summed E-state index contributed by atoms with van der Waals surface area (Å²) in [6.45, 7) is 0. The molecular formula is C13H11N5O2S. The molecule has 0 N–H and O–H groups in total. The van der Waals surface area contributed by atoms with Gasteiger partial charge in [-0.05, 0) is 53.2 Å². The number of anilines is 1. The van der Waals surface area contributed by atoms with Gasteiger partial charge in [0.25, 0.3) is 11.7 Å². The Hall–Kier alpha value is -2.22. The predicted octanol–water partition coefficient (Wildman–Crippen LogP) is 1.32. The second-order valence-corrected chi connectivity index (χ2v) is 6.15. The van der Waals surface area contributed by atoms with Gasteiger partial charge in [-0.15, -0.1) is 5.10 Å². The van der Waals surface area contributed by atoms with Gasteiger partial charge in [0.2, 0.25) is 5.16 Å². The summed E-state index contributed by atoms with van der Waals surface area (Å²) >= 11 is 1.44. The van der Waals surface area contributed by atoms with E-state index >= 15 is 0 Å². The number of nitrogens with zero attached hydrogens (tertiary/aromatic N) is 5. The fourth-order valence-corrected chi connectivity index (χ4v) is 3.20. The third kappa shape index (κ3) is 1.94. The zero-order valence-corrected chi connectivity index (χ0v) is 12.0. The molecule has 2 aliphatic rings. The lowest BCUT2D eigenvalue weighted by Crippen LogP contribution is -2.24. The van der Waals surface area contributed by atoms with Crippen LogP contribution in [0.5, 0.6) is 0 Å². The van der Waals surface area contributed by atoms with E-state index in [0.29, 0.717) is 17.3 Å². The Bertz CT molecular complexity index is 768. The van der Waals surface area contributed by atoms with Crippen molar-refractivity contribution in [2.75, 3.05) is 11.9 Å². The molecule has 0 radical (unpaired) electrons. The first-order valence-electron chi connectivity index (χ1n) is 6.57. The maximum Gasteiger partial charge on any atom is 0.299 e. The topological polar surface area (TPSA) is 81.0 Å². The van der Waals surface area contributed by atoms with Crippen LogP contribution in [0.3, 0.4) is 0 Å². The molecule has 1 fully saturated rings. The fourth-order valence-electron chi connectivity index (χ4n) is 2.33.